The van der Waals surface area contributed by atoms with Crippen molar-refractivity contribution >= 4 is 30.2 Å². The first-order valence-electron chi connectivity index (χ1n) is 10.9. The van der Waals surface area contributed by atoms with Gasteiger partial charge in [-0.1, -0.05) is 25.7 Å². The van der Waals surface area contributed by atoms with Gasteiger partial charge in [0.25, 0.3) is 0 Å². The van der Waals surface area contributed by atoms with Crippen LogP contribution in [0.15, 0.2) is 12.3 Å². The van der Waals surface area contributed by atoms with Gasteiger partial charge in [0.2, 0.25) is 5.28 Å². The van der Waals surface area contributed by atoms with Gasteiger partial charge >= 0.3 is 7.60 Å². The Hall–Kier alpha value is -1.14. The summed E-state index contributed by atoms with van der Waals surface area (Å²) < 4.78 is 24.3. The van der Waals surface area contributed by atoms with Crippen LogP contribution < -0.4 is 0 Å². The van der Waals surface area contributed by atoms with Crippen LogP contribution in [-0.2, 0) is 20.5 Å². The largest absolute Gasteiger partial charge is 0.393 e. The first-order valence-corrected chi connectivity index (χ1v) is 12.9. The average molecular weight is 506 g/mol. The Kier molecular flexibility index (Phi) is 7.18. The number of aliphatic hydroxyl groups is 3. The smallest absolute Gasteiger partial charge is 0.359 e. The Labute approximate surface area is 195 Å². The highest BCUT2D eigenvalue weighted by Gasteiger charge is 2.48. The molecule has 1 saturated carbocycles. The lowest BCUT2D eigenvalue weighted by atomic mass is 10.0. The summed E-state index contributed by atoms with van der Waals surface area (Å²) in [6, 6.07) is 1.82. The van der Waals surface area contributed by atoms with Crippen LogP contribution in [0.5, 0.6) is 0 Å². The topological polar surface area (TPSA) is 167 Å². The highest BCUT2D eigenvalue weighted by atomic mass is 35.5. The molecule has 1 unspecified atom stereocenters. The Balaban J connectivity index is 1.56. The lowest BCUT2D eigenvalue weighted by Gasteiger charge is -2.30. The van der Waals surface area contributed by atoms with E-state index in [4.69, 9.17) is 21.1 Å². The van der Waals surface area contributed by atoms with Crippen molar-refractivity contribution in [3.8, 4) is 0 Å². The van der Waals surface area contributed by atoms with Crippen molar-refractivity contribution in [2.45, 2.75) is 68.9 Å². The quantitative estimate of drug-likeness (QED) is 0.261. The molecule has 0 amide bonds. The first kappa shape index (κ1) is 25.0. The average Bonchev–Trinajstić information content (AvgIpc) is 3.47. The molecule has 0 radical (unpaired) electrons. The van der Waals surface area contributed by atoms with Gasteiger partial charge in [-0.2, -0.15) is 4.98 Å². The summed E-state index contributed by atoms with van der Waals surface area (Å²) in [5.41, 5.74) is 1.28. The minimum absolute atomic E-state index is 0.0729. The molecule has 5 atom stereocenters. The molecule has 3 heterocycles. The number of ether oxygens (including phenoxy) is 2. The third-order valence-corrected chi connectivity index (χ3v) is 8.33. The fourth-order valence-corrected chi connectivity index (χ4v) is 5.10. The molecule has 0 bridgehead atoms. The van der Waals surface area contributed by atoms with E-state index >= 15 is 0 Å². The summed E-state index contributed by atoms with van der Waals surface area (Å²) in [5, 5.41) is 29.2. The molecule has 2 aromatic rings. The van der Waals surface area contributed by atoms with Gasteiger partial charge in [0.15, 0.2) is 11.6 Å². The summed E-state index contributed by atoms with van der Waals surface area (Å²) in [4.78, 5) is 27.6. The van der Waals surface area contributed by atoms with Crippen molar-refractivity contribution in [3.63, 3.8) is 0 Å². The molecule has 5 N–H and O–H groups in total. The second-order valence-corrected chi connectivity index (χ2v) is 11.4. The number of nitrogens with zero attached hydrogens (tertiary/aromatic N) is 3. The predicted octanol–water partition coefficient (Wildman–Crippen LogP) is 1.34. The maximum absolute atomic E-state index is 11.6. The number of halogens is 1. The van der Waals surface area contributed by atoms with Crippen LogP contribution in [0.25, 0.3) is 11.0 Å². The Morgan fingerprint density at radius 2 is 1.97 bits per heavy atom. The zero-order valence-corrected chi connectivity index (χ0v) is 19.8. The molecule has 2 aliphatic rings. The molecule has 4 rings (SSSR count). The maximum Gasteiger partial charge on any atom is 0.359 e. The van der Waals surface area contributed by atoms with E-state index in [1.54, 1.807) is 10.8 Å². The third-order valence-electron chi connectivity index (χ3n) is 6.66. The van der Waals surface area contributed by atoms with Gasteiger partial charge < -0.3 is 39.1 Å². The van der Waals surface area contributed by atoms with E-state index in [1.165, 1.54) is 12.8 Å². The molecule has 184 valence electrons. The van der Waals surface area contributed by atoms with E-state index in [9.17, 15) is 29.7 Å². The highest BCUT2D eigenvalue weighted by molar-refractivity contribution is 7.53. The van der Waals surface area contributed by atoms with Crippen LogP contribution in [0, 0.1) is 5.92 Å². The minimum atomic E-state index is -4.81. The van der Waals surface area contributed by atoms with Gasteiger partial charge in [0.1, 0.15) is 24.0 Å². The molecule has 33 heavy (non-hydrogen) atoms. The van der Waals surface area contributed by atoms with Gasteiger partial charge in [0, 0.05) is 11.6 Å². The fourth-order valence-electron chi connectivity index (χ4n) is 4.50. The number of hydrogen-bond acceptors (Lipinski definition) is 8. The Morgan fingerprint density at radius 3 is 2.61 bits per heavy atom. The lowest BCUT2D eigenvalue weighted by Crippen LogP contribution is -2.39. The van der Waals surface area contributed by atoms with Crippen molar-refractivity contribution in [3.05, 3.63) is 23.2 Å². The van der Waals surface area contributed by atoms with Gasteiger partial charge in [-0.3, -0.25) is 4.57 Å². The molecule has 11 nitrogen and oxygen atoms in total. The SMILES string of the molecule is CC(CO)(OC[C@H]1O[C@@H](n2ccc3c(CC4CCCC4)nc(Cl)nc32)[C@H](O)[C@@H]1O)P(=O)(O)O. The van der Waals surface area contributed by atoms with E-state index in [0.29, 0.717) is 11.6 Å². The van der Waals surface area contributed by atoms with Crippen LogP contribution >= 0.6 is 19.2 Å². The van der Waals surface area contributed by atoms with Gasteiger partial charge in [-0.15, -0.1) is 0 Å². The molecule has 1 saturated heterocycles. The number of rotatable bonds is 8. The molecule has 2 fully saturated rings. The zero-order chi connectivity index (χ0) is 24.0. The second-order valence-electron chi connectivity index (χ2n) is 8.99. The predicted molar refractivity (Wildman–Crippen MR) is 118 cm³/mol. The number of aromatic nitrogens is 3. The van der Waals surface area contributed by atoms with Gasteiger partial charge in [-0.25, -0.2) is 4.98 Å². The van der Waals surface area contributed by atoms with E-state index in [-0.39, 0.29) is 5.28 Å². The van der Waals surface area contributed by atoms with Crippen molar-refractivity contribution in [1.29, 1.82) is 0 Å². The van der Waals surface area contributed by atoms with E-state index in [1.807, 2.05) is 6.07 Å². The van der Waals surface area contributed by atoms with E-state index in [2.05, 4.69) is 9.97 Å². The monoisotopic (exact) mass is 505 g/mol. The molecule has 0 aromatic carbocycles. The van der Waals surface area contributed by atoms with Crippen LogP contribution in [-0.4, -0.2) is 76.5 Å². The van der Waals surface area contributed by atoms with Crippen LogP contribution in [0.1, 0.15) is 44.5 Å². The number of aliphatic hydroxyl groups excluding tert-OH is 3. The normalized spacial score (nSPS) is 28.6. The van der Waals surface area contributed by atoms with Crippen LogP contribution in [0.2, 0.25) is 5.28 Å². The van der Waals surface area contributed by atoms with Gasteiger partial charge in [0.05, 0.1) is 18.9 Å². The Bertz CT molecular complexity index is 1040. The number of hydrogen-bond donors (Lipinski definition) is 5. The second kappa shape index (κ2) is 9.49. The molecular formula is C20H29ClN3O8P. The molecule has 1 aliphatic heterocycles. The molecule has 13 heteroatoms. The molecule has 2 aromatic heterocycles. The van der Waals surface area contributed by atoms with E-state index < -0.39 is 50.7 Å². The third kappa shape index (κ3) is 4.84. The summed E-state index contributed by atoms with van der Waals surface area (Å²) in [5.74, 6) is 0.536. The molecular weight excluding hydrogens is 477 g/mol. The highest BCUT2D eigenvalue weighted by Crippen LogP contribution is 2.51. The van der Waals surface area contributed by atoms with E-state index in [0.717, 1.165) is 37.3 Å². The molecule has 0 spiro atoms. The summed E-state index contributed by atoms with van der Waals surface area (Å²) in [6.45, 7) is -0.334. The van der Waals surface area contributed by atoms with Gasteiger partial charge in [-0.05, 0) is 36.9 Å². The van der Waals surface area contributed by atoms with Crippen LogP contribution in [0.4, 0.5) is 0 Å². The van der Waals surface area contributed by atoms with Crippen molar-refractivity contribution < 1.29 is 39.1 Å². The van der Waals surface area contributed by atoms with Crippen molar-refractivity contribution in [1.82, 2.24) is 14.5 Å². The zero-order valence-electron chi connectivity index (χ0n) is 18.1. The maximum atomic E-state index is 11.6. The first-order chi connectivity index (χ1) is 15.5. The molecule has 1 aliphatic carbocycles. The summed E-state index contributed by atoms with van der Waals surface area (Å²) in [6.07, 6.45) is 2.24. The number of fused-ring (bicyclic) bond motifs is 1. The summed E-state index contributed by atoms with van der Waals surface area (Å²) in [7, 11) is -4.81. The fraction of sp³-hybridized carbons (Fsp3) is 0.700. The standard InChI is InChI=1S/C20H29ClN3O8P/c1-20(10-25,33(28,29)30)31-9-14-15(26)16(27)18(32-14)24-7-6-12-13(8-11-4-2-3-5-11)22-19(21)23-17(12)24/h6-7,11,14-16,18,25-27H,2-5,8-10H2,1H3,(H2,28,29,30)/t14-,15-,16-,18-,20?/m1/s1. The Morgan fingerprint density at radius 1 is 1.27 bits per heavy atom. The minimum Gasteiger partial charge on any atom is -0.393 e. The van der Waals surface area contributed by atoms with Crippen LogP contribution in [0.3, 0.4) is 0 Å². The van der Waals surface area contributed by atoms with Crippen molar-refractivity contribution in [2.75, 3.05) is 13.2 Å². The lowest BCUT2D eigenvalue weighted by molar-refractivity contribution is -0.102. The summed E-state index contributed by atoms with van der Waals surface area (Å²) >= 11 is 6.19. The van der Waals surface area contributed by atoms with Crippen molar-refractivity contribution in [2.24, 2.45) is 5.92 Å².